The number of hydrogen-bond acceptors (Lipinski definition) is 5. The quantitative estimate of drug-likeness (QED) is 0.881. The van der Waals surface area contributed by atoms with Crippen LogP contribution in [0.5, 0.6) is 0 Å². The highest BCUT2D eigenvalue weighted by Crippen LogP contribution is 2.34. The third-order valence-corrected chi connectivity index (χ3v) is 6.85. The van der Waals surface area contributed by atoms with Crippen LogP contribution in [0.3, 0.4) is 0 Å². The average Bonchev–Trinajstić information content (AvgIpc) is 2.78. The number of rotatable bonds is 3. The summed E-state index contributed by atoms with van der Waals surface area (Å²) in [6, 6.07) is 0. The van der Waals surface area contributed by atoms with E-state index < -0.39 is 0 Å². The standard InChI is InChI=1S/C19H25N3O3S/c23-15-11-13(18(25)22-8-3-1-2-4-9-22)10-14-16(15)26-19(20-14)21-17(24)12-6-5-7-12/h12-13H,1-11H2,(H,20,21,24). The van der Waals surface area contributed by atoms with Crippen LogP contribution in [0.4, 0.5) is 5.13 Å². The van der Waals surface area contributed by atoms with Gasteiger partial charge in [-0.2, -0.15) is 0 Å². The van der Waals surface area contributed by atoms with E-state index in [0.717, 1.165) is 45.2 Å². The molecular formula is C19H25N3O3S. The molecule has 0 bridgehead atoms. The lowest BCUT2D eigenvalue weighted by Crippen LogP contribution is -2.40. The Kier molecular flexibility index (Phi) is 5.07. The number of aromatic nitrogens is 1. The van der Waals surface area contributed by atoms with E-state index in [-0.39, 0.29) is 35.9 Å². The molecule has 1 saturated heterocycles. The summed E-state index contributed by atoms with van der Waals surface area (Å²) >= 11 is 1.26. The molecule has 7 heteroatoms. The van der Waals surface area contributed by atoms with E-state index >= 15 is 0 Å². The van der Waals surface area contributed by atoms with Gasteiger partial charge in [-0.25, -0.2) is 4.98 Å². The Morgan fingerprint density at radius 2 is 1.73 bits per heavy atom. The lowest BCUT2D eigenvalue weighted by atomic mass is 9.85. The zero-order chi connectivity index (χ0) is 18.1. The van der Waals surface area contributed by atoms with Crippen LogP contribution in [0.2, 0.25) is 0 Å². The normalized spacial score (nSPS) is 23.8. The zero-order valence-corrected chi connectivity index (χ0v) is 15.8. The summed E-state index contributed by atoms with van der Waals surface area (Å²) in [6.07, 6.45) is 8.18. The van der Waals surface area contributed by atoms with Gasteiger partial charge >= 0.3 is 0 Å². The molecule has 3 aliphatic rings. The van der Waals surface area contributed by atoms with Gasteiger partial charge in [-0.15, -0.1) is 0 Å². The number of likely N-dealkylation sites (tertiary alicyclic amines) is 1. The van der Waals surface area contributed by atoms with Crippen molar-refractivity contribution in [3.8, 4) is 0 Å². The molecule has 140 valence electrons. The third-order valence-electron chi connectivity index (χ3n) is 5.80. The van der Waals surface area contributed by atoms with Crippen molar-refractivity contribution >= 4 is 34.1 Å². The van der Waals surface area contributed by atoms with E-state index in [1.807, 2.05) is 4.90 Å². The molecule has 2 heterocycles. The van der Waals surface area contributed by atoms with Crippen molar-refractivity contribution in [3.05, 3.63) is 10.6 Å². The van der Waals surface area contributed by atoms with E-state index in [2.05, 4.69) is 10.3 Å². The first kappa shape index (κ1) is 17.6. The van der Waals surface area contributed by atoms with Crippen LogP contribution in [-0.2, 0) is 16.0 Å². The molecule has 26 heavy (non-hydrogen) atoms. The Morgan fingerprint density at radius 1 is 1.00 bits per heavy atom. The highest BCUT2D eigenvalue weighted by Gasteiger charge is 2.35. The minimum atomic E-state index is -0.301. The van der Waals surface area contributed by atoms with Crippen LogP contribution >= 0.6 is 11.3 Å². The van der Waals surface area contributed by atoms with Crippen LogP contribution in [0.15, 0.2) is 0 Å². The number of Topliss-reactive ketones (excluding diaryl/α,β-unsaturated/α-hetero) is 1. The highest BCUT2D eigenvalue weighted by molar-refractivity contribution is 7.17. The second-order valence-electron chi connectivity index (χ2n) is 7.68. The van der Waals surface area contributed by atoms with Crippen molar-refractivity contribution in [1.29, 1.82) is 0 Å². The van der Waals surface area contributed by atoms with Gasteiger partial charge in [-0.3, -0.25) is 14.4 Å². The molecule has 1 aromatic heterocycles. The molecule has 1 saturated carbocycles. The molecule has 1 aliphatic heterocycles. The average molecular weight is 375 g/mol. The first-order valence-corrected chi connectivity index (χ1v) is 10.6. The fourth-order valence-corrected chi connectivity index (χ4v) is 4.93. The van der Waals surface area contributed by atoms with Gasteiger partial charge in [0, 0.05) is 31.8 Å². The number of thiazole rings is 1. The van der Waals surface area contributed by atoms with Crippen molar-refractivity contribution in [2.45, 2.75) is 57.8 Å². The summed E-state index contributed by atoms with van der Waals surface area (Å²) in [7, 11) is 0. The molecule has 1 unspecified atom stereocenters. The monoisotopic (exact) mass is 375 g/mol. The van der Waals surface area contributed by atoms with Crippen molar-refractivity contribution in [2.24, 2.45) is 11.8 Å². The molecule has 2 aliphatic carbocycles. The predicted molar refractivity (Wildman–Crippen MR) is 99.3 cm³/mol. The lowest BCUT2D eigenvalue weighted by molar-refractivity contribution is -0.135. The van der Waals surface area contributed by atoms with Gasteiger partial charge < -0.3 is 10.2 Å². The minimum Gasteiger partial charge on any atom is -0.342 e. The molecule has 0 radical (unpaired) electrons. The second-order valence-corrected chi connectivity index (χ2v) is 8.68. The van der Waals surface area contributed by atoms with Crippen molar-refractivity contribution in [2.75, 3.05) is 18.4 Å². The van der Waals surface area contributed by atoms with Crippen LogP contribution < -0.4 is 5.32 Å². The van der Waals surface area contributed by atoms with Gasteiger partial charge in [-0.1, -0.05) is 30.6 Å². The first-order chi connectivity index (χ1) is 12.6. The number of ketones is 1. The largest absolute Gasteiger partial charge is 0.342 e. The minimum absolute atomic E-state index is 0.00647. The van der Waals surface area contributed by atoms with Gasteiger partial charge in [0.05, 0.1) is 16.5 Å². The summed E-state index contributed by atoms with van der Waals surface area (Å²) in [4.78, 5) is 44.5. The van der Waals surface area contributed by atoms with Crippen molar-refractivity contribution in [3.63, 3.8) is 0 Å². The smallest absolute Gasteiger partial charge is 0.229 e. The number of carbonyl (C=O) groups is 3. The fourth-order valence-electron chi connectivity index (χ4n) is 3.99. The molecule has 2 amide bonds. The number of hydrogen-bond donors (Lipinski definition) is 1. The van der Waals surface area contributed by atoms with Gasteiger partial charge in [0.15, 0.2) is 10.9 Å². The molecule has 6 nitrogen and oxygen atoms in total. The Bertz CT molecular complexity index is 718. The number of carbonyl (C=O) groups excluding carboxylic acids is 3. The summed E-state index contributed by atoms with van der Waals surface area (Å²) in [5.74, 6) is -0.124. The van der Waals surface area contributed by atoms with Gasteiger partial charge in [-0.05, 0) is 25.7 Å². The number of nitrogens with one attached hydrogen (secondary N) is 1. The fraction of sp³-hybridized carbons (Fsp3) is 0.684. The third kappa shape index (κ3) is 3.54. The summed E-state index contributed by atoms with van der Waals surface area (Å²) < 4.78 is 0. The SMILES string of the molecule is O=C1CC(C(=O)N2CCCCCC2)Cc2nc(NC(=O)C3CCC3)sc21. The molecule has 0 spiro atoms. The maximum absolute atomic E-state index is 12.9. The molecular weight excluding hydrogens is 350 g/mol. The van der Waals surface area contributed by atoms with Crippen LogP contribution in [0, 0.1) is 11.8 Å². The Balaban J connectivity index is 1.44. The zero-order valence-electron chi connectivity index (χ0n) is 15.0. The van der Waals surface area contributed by atoms with E-state index in [4.69, 9.17) is 0 Å². The second kappa shape index (κ2) is 7.47. The van der Waals surface area contributed by atoms with Gasteiger partial charge in [0.1, 0.15) is 0 Å². The van der Waals surface area contributed by atoms with Crippen LogP contribution in [-0.4, -0.2) is 40.6 Å². The number of fused-ring (bicyclic) bond motifs is 1. The van der Waals surface area contributed by atoms with E-state index in [0.29, 0.717) is 22.1 Å². The maximum atomic E-state index is 12.9. The molecule has 2 fully saturated rings. The highest BCUT2D eigenvalue weighted by atomic mass is 32.1. The van der Waals surface area contributed by atoms with Crippen LogP contribution in [0.1, 0.15) is 66.7 Å². The number of anilines is 1. The lowest BCUT2D eigenvalue weighted by Gasteiger charge is -2.27. The number of nitrogens with zero attached hydrogens (tertiary/aromatic N) is 2. The van der Waals surface area contributed by atoms with Gasteiger partial charge in [0.2, 0.25) is 11.8 Å². The molecule has 0 aromatic carbocycles. The van der Waals surface area contributed by atoms with Crippen molar-refractivity contribution in [1.82, 2.24) is 9.88 Å². The Morgan fingerprint density at radius 3 is 2.38 bits per heavy atom. The maximum Gasteiger partial charge on any atom is 0.229 e. The van der Waals surface area contributed by atoms with E-state index in [1.54, 1.807) is 0 Å². The van der Waals surface area contributed by atoms with Crippen LogP contribution in [0.25, 0.3) is 0 Å². The topological polar surface area (TPSA) is 79.4 Å². The number of amides is 2. The predicted octanol–water partition coefficient (Wildman–Crippen LogP) is 3.03. The summed E-state index contributed by atoms with van der Waals surface area (Å²) in [5.41, 5.74) is 0.684. The molecule has 1 N–H and O–H groups in total. The Labute approximate surface area is 157 Å². The first-order valence-electron chi connectivity index (χ1n) is 9.74. The van der Waals surface area contributed by atoms with E-state index in [1.165, 1.54) is 24.2 Å². The molecule has 4 rings (SSSR count). The summed E-state index contributed by atoms with van der Waals surface area (Å²) in [6.45, 7) is 1.60. The molecule has 1 aromatic rings. The summed E-state index contributed by atoms with van der Waals surface area (Å²) in [5, 5.41) is 3.36. The van der Waals surface area contributed by atoms with E-state index in [9.17, 15) is 14.4 Å². The van der Waals surface area contributed by atoms with Crippen molar-refractivity contribution < 1.29 is 14.4 Å². The molecule has 1 atom stereocenters. The Hall–Kier alpha value is -1.76. The van der Waals surface area contributed by atoms with Gasteiger partial charge in [0.25, 0.3) is 0 Å².